The lowest BCUT2D eigenvalue weighted by Crippen LogP contribution is -2.43. The number of ether oxygens (including phenoxy) is 3. The summed E-state index contributed by atoms with van der Waals surface area (Å²) >= 11 is 1.37. The third-order valence-corrected chi connectivity index (χ3v) is 5.16. The van der Waals surface area contributed by atoms with Crippen molar-refractivity contribution in [2.75, 3.05) is 26.1 Å². The number of carbonyl (C=O) groups excluding carboxylic acids is 4. The van der Waals surface area contributed by atoms with Crippen LogP contribution in [0.2, 0.25) is 0 Å². The fraction of sp³-hybridized carbons (Fsp3) is 0.130. The van der Waals surface area contributed by atoms with Gasteiger partial charge in [-0.15, -0.1) is 0 Å². The van der Waals surface area contributed by atoms with Crippen molar-refractivity contribution >= 4 is 40.7 Å². The lowest BCUT2D eigenvalue weighted by molar-refractivity contribution is -0.125. The van der Waals surface area contributed by atoms with Gasteiger partial charge in [0, 0.05) is 10.9 Å². The molecule has 0 unspecified atom stereocenters. The van der Waals surface area contributed by atoms with Gasteiger partial charge in [0.1, 0.15) is 0 Å². The average molecular weight is 484 g/mol. The monoisotopic (exact) mass is 483 g/mol. The van der Waals surface area contributed by atoms with Gasteiger partial charge in [-0.1, -0.05) is 12.1 Å². The Balaban J connectivity index is 1.53. The SMILES string of the molecule is COc1ccc(C(=O)NNC(=O)COC(=O)c2ccccc2NC(=O)c2ccsc2)cc1OC. The largest absolute Gasteiger partial charge is 0.493 e. The number of thiophene rings is 1. The molecule has 0 radical (unpaired) electrons. The Morgan fingerprint density at radius 1 is 0.853 bits per heavy atom. The lowest BCUT2D eigenvalue weighted by Gasteiger charge is -2.12. The maximum atomic E-state index is 12.5. The number of anilines is 1. The Hall–Kier alpha value is -4.38. The number of amides is 3. The Bertz CT molecular complexity index is 1200. The van der Waals surface area contributed by atoms with Gasteiger partial charge in [0.15, 0.2) is 18.1 Å². The van der Waals surface area contributed by atoms with E-state index in [2.05, 4.69) is 16.2 Å². The number of benzene rings is 2. The summed E-state index contributed by atoms with van der Waals surface area (Å²) in [6.07, 6.45) is 0. The van der Waals surface area contributed by atoms with E-state index in [1.54, 1.807) is 41.1 Å². The van der Waals surface area contributed by atoms with Gasteiger partial charge in [-0.3, -0.25) is 25.2 Å². The second-order valence-corrected chi connectivity index (χ2v) is 7.44. The van der Waals surface area contributed by atoms with Gasteiger partial charge >= 0.3 is 5.97 Å². The Morgan fingerprint density at radius 2 is 1.62 bits per heavy atom. The van der Waals surface area contributed by atoms with Crippen molar-refractivity contribution in [3.05, 3.63) is 76.0 Å². The van der Waals surface area contributed by atoms with Crippen molar-refractivity contribution in [3.63, 3.8) is 0 Å². The second kappa shape index (κ2) is 11.5. The molecule has 0 bridgehead atoms. The number of hydrazine groups is 1. The molecule has 0 saturated heterocycles. The predicted octanol–water partition coefficient (Wildman–Crippen LogP) is 2.64. The quantitative estimate of drug-likeness (QED) is 0.331. The zero-order valence-corrected chi connectivity index (χ0v) is 19.1. The highest BCUT2D eigenvalue weighted by atomic mass is 32.1. The van der Waals surface area contributed by atoms with Crippen LogP contribution >= 0.6 is 11.3 Å². The summed E-state index contributed by atoms with van der Waals surface area (Å²) in [6.45, 7) is -0.655. The minimum absolute atomic E-state index is 0.0771. The van der Waals surface area contributed by atoms with Crippen LogP contribution in [0.5, 0.6) is 11.5 Å². The van der Waals surface area contributed by atoms with E-state index in [1.165, 1.54) is 43.8 Å². The standard InChI is InChI=1S/C23H21N3O7S/c1-31-18-8-7-14(11-19(18)32-2)22(29)26-25-20(27)12-33-23(30)16-5-3-4-6-17(16)24-21(28)15-9-10-34-13-15/h3-11,13H,12H2,1-2H3,(H,24,28)(H,25,27)(H,26,29). The number of hydrogen-bond acceptors (Lipinski definition) is 8. The molecule has 0 saturated carbocycles. The van der Waals surface area contributed by atoms with E-state index < -0.39 is 24.4 Å². The highest BCUT2D eigenvalue weighted by Gasteiger charge is 2.17. The number of hydrogen-bond donors (Lipinski definition) is 3. The molecule has 1 aromatic heterocycles. The highest BCUT2D eigenvalue weighted by molar-refractivity contribution is 7.08. The molecule has 11 heteroatoms. The summed E-state index contributed by atoms with van der Waals surface area (Å²) in [6, 6.07) is 12.4. The molecule has 0 fully saturated rings. The fourth-order valence-electron chi connectivity index (χ4n) is 2.78. The van der Waals surface area contributed by atoms with Gasteiger partial charge in [-0.05, 0) is 41.8 Å². The minimum Gasteiger partial charge on any atom is -0.493 e. The fourth-order valence-corrected chi connectivity index (χ4v) is 3.42. The molecule has 3 amide bonds. The molecular formula is C23H21N3O7S. The van der Waals surface area contributed by atoms with Crippen LogP contribution in [0, 0.1) is 0 Å². The second-order valence-electron chi connectivity index (χ2n) is 6.66. The zero-order valence-electron chi connectivity index (χ0n) is 18.2. The number of rotatable bonds is 8. The molecular weight excluding hydrogens is 462 g/mol. The molecule has 0 atom stereocenters. The van der Waals surface area contributed by atoms with Crippen LogP contribution in [0.4, 0.5) is 5.69 Å². The van der Waals surface area contributed by atoms with Gasteiger partial charge in [-0.25, -0.2) is 4.79 Å². The Morgan fingerprint density at radius 3 is 2.32 bits per heavy atom. The van der Waals surface area contributed by atoms with Crippen molar-refractivity contribution in [3.8, 4) is 11.5 Å². The zero-order chi connectivity index (χ0) is 24.5. The third kappa shape index (κ3) is 6.11. The molecule has 34 heavy (non-hydrogen) atoms. The molecule has 3 N–H and O–H groups in total. The molecule has 0 aliphatic rings. The summed E-state index contributed by atoms with van der Waals surface area (Å²) in [5, 5.41) is 6.09. The molecule has 1 heterocycles. The van der Waals surface area contributed by atoms with Crippen LogP contribution in [0.15, 0.2) is 59.3 Å². The predicted molar refractivity (Wildman–Crippen MR) is 124 cm³/mol. The maximum Gasteiger partial charge on any atom is 0.340 e. The van der Waals surface area contributed by atoms with Crippen LogP contribution in [0.1, 0.15) is 31.1 Å². The van der Waals surface area contributed by atoms with E-state index in [1.807, 2.05) is 0 Å². The van der Waals surface area contributed by atoms with Crippen LogP contribution < -0.4 is 25.6 Å². The van der Waals surface area contributed by atoms with Gasteiger partial charge < -0.3 is 19.5 Å². The summed E-state index contributed by atoms with van der Waals surface area (Å²) in [5.41, 5.74) is 5.37. The van der Waals surface area contributed by atoms with Crippen LogP contribution in [0.3, 0.4) is 0 Å². The first-order valence-electron chi connectivity index (χ1n) is 9.84. The first-order valence-corrected chi connectivity index (χ1v) is 10.8. The summed E-state index contributed by atoms with van der Waals surface area (Å²) in [7, 11) is 2.90. The van der Waals surface area contributed by atoms with Crippen LogP contribution in [-0.2, 0) is 9.53 Å². The molecule has 176 valence electrons. The van der Waals surface area contributed by atoms with E-state index in [0.717, 1.165) is 0 Å². The smallest absolute Gasteiger partial charge is 0.340 e. The number of methoxy groups -OCH3 is 2. The third-order valence-electron chi connectivity index (χ3n) is 4.47. The number of carbonyl (C=O) groups is 4. The minimum atomic E-state index is -0.817. The van der Waals surface area contributed by atoms with Crippen LogP contribution in [0.25, 0.3) is 0 Å². The number of nitrogens with one attached hydrogen (secondary N) is 3. The van der Waals surface area contributed by atoms with E-state index in [4.69, 9.17) is 14.2 Å². The van der Waals surface area contributed by atoms with Crippen molar-refractivity contribution in [2.24, 2.45) is 0 Å². The van der Waals surface area contributed by atoms with E-state index in [-0.39, 0.29) is 22.7 Å². The topological polar surface area (TPSA) is 132 Å². The molecule has 0 aliphatic carbocycles. The lowest BCUT2D eigenvalue weighted by atomic mass is 10.1. The Kier molecular flexibility index (Phi) is 8.19. The molecule has 10 nitrogen and oxygen atoms in total. The summed E-state index contributed by atoms with van der Waals surface area (Å²) in [5.74, 6) is -1.77. The van der Waals surface area contributed by atoms with Gasteiger partial charge in [0.25, 0.3) is 17.7 Å². The van der Waals surface area contributed by atoms with Crippen LogP contribution in [-0.4, -0.2) is 44.5 Å². The highest BCUT2D eigenvalue weighted by Crippen LogP contribution is 2.27. The van der Waals surface area contributed by atoms with E-state index in [9.17, 15) is 19.2 Å². The van der Waals surface area contributed by atoms with Gasteiger partial charge in [-0.2, -0.15) is 11.3 Å². The van der Waals surface area contributed by atoms with E-state index >= 15 is 0 Å². The van der Waals surface area contributed by atoms with E-state index in [0.29, 0.717) is 17.1 Å². The summed E-state index contributed by atoms with van der Waals surface area (Å²) in [4.78, 5) is 49.0. The van der Waals surface area contributed by atoms with Crippen molar-refractivity contribution in [1.29, 1.82) is 0 Å². The van der Waals surface area contributed by atoms with Crippen molar-refractivity contribution in [2.45, 2.75) is 0 Å². The average Bonchev–Trinajstić information content (AvgIpc) is 3.41. The normalized spacial score (nSPS) is 10.1. The van der Waals surface area contributed by atoms with Crippen molar-refractivity contribution < 1.29 is 33.4 Å². The summed E-state index contributed by atoms with van der Waals surface area (Å²) < 4.78 is 15.3. The maximum absolute atomic E-state index is 12.5. The first-order chi connectivity index (χ1) is 16.4. The van der Waals surface area contributed by atoms with Gasteiger partial charge in [0.05, 0.1) is 31.0 Å². The number of esters is 1. The molecule has 3 aromatic rings. The molecule has 2 aromatic carbocycles. The Labute approximate surface area is 198 Å². The van der Waals surface area contributed by atoms with Gasteiger partial charge in [0.2, 0.25) is 0 Å². The first kappa shape index (κ1) is 24.3. The molecule has 3 rings (SSSR count). The molecule has 0 spiro atoms. The molecule has 0 aliphatic heterocycles. The number of para-hydroxylation sites is 1. The van der Waals surface area contributed by atoms with Crippen molar-refractivity contribution in [1.82, 2.24) is 10.9 Å².